The molecule has 23 heavy (non-hydrogen) atoms. The van der Waals surface area contributed by atoms with Crippen molar-refractivity contribution in [3.05, 3.63) is 53.1 Å². The molecule has 0 spiro atoms. The largest absolute Gasteiger partial charge is 0.496 e. The number of halogens is 1. The van der Waals surface area contributed by atoms with Crippen LogP contribution < -0.4 is 10.1 Å². The first kappa shape index (κ1) is 17.3. The van der Waals surface area contributed by atoms with E-state index in [-0.39, 0.29) is 10.6 Å². The molecule has 0 fully saturated rings. The summed E-state index contributed by atoms with van der Waals surface area (Å²) in [4.78, 5) is 12.5. The molecule has 0 radical (unpaired) electrons. The number of carbonyl (C=O) groups is 1. The van der Waals surface area contributed by atoms with Crippen molar-refractivity contribution in [2.24, 2.45) is 0 Å². The Kier molecular flexibility index (Phi) is 5.28. The van der Waals surface area contributed by atoms with E-state index in [0.717, 1.165) is 0 Å². The van der Waals surface area contributed by atoms with E-state index in [4.69, 9.17) is 16.3 Å². The van der Waals surface area contributed by atoms with Crippen molar-refractivity contribution in [1.29, 1.82) is 0 Å². The van der Waals surface area contributed by atoms with E-state index in [1.54, 1.807) is 19.1 Å². The van der Waals surface area contributed by atoms with Gasteiger partial charge < -0.3 is 10.1 Å². The molecule has 2 rings (SSSR count). The molecule has 122 valence electrons. The van der Waals surface area contributed by atoms with Crippen LogP contribution in [0.15, 0.2) is 47.4 Å². The summed E-state index contributed by atoms with van der Waals surface area (Å²) in [5.74, 6) is 0.0332. The van der Waals surface area contributed by atoms with Crippen molar-refractivity contribution in [1.82, 2.24) is 0 Å². The van der Waals surface area contributed by atoms with E-state index in [1.165, 1.54) is 37.4 Å². The summed E-state index contributed by atoms with van der Waals surface area (Å²) in [6.07, 6.45) is 0. The number of benzene rings is 2. The molecule has 0 bridgehead atoms. The van der Waals surface area contributed by atoms with Gasteiger partial charge in [-0.25, -0.2) is 8.42 Å². The first-order valence-corrected chi connectivity index (χ1v) is 8.88. The summed E-state index contributed by atoms with van der Waals surface area (Å²) in [6, 6.07) is 10.7. The second-order valence-electron chi connectivity index (χ2n) is 4.73. The van der Waals surface area contributed by atoms with Gasteiger partial charge in [-0.05, 0) is 42.5 Å². The molecule has 0 aliphatic heterocycles. The predicted octanol–water partition coefficient (Wildman–Crippen LogP) is 3.39. The molecule has 0 aliphatic carbocycles. The highest BCUT2D eigenvalue weighted by Gasteiger charge is 2.14. The lowest BCUT2D eigenvalue weighted by Crippen LogP contribution is -2.13. The summed E-state index contributed by atoms with van der Waals surface area (Å²) in [5.41, 5.74) is 0.775. The first-order chi connectivity index (χ1) is 10.9. The third-order valence-electron chi connectivity index (χ3n) is 3.26. The van der Waals surface area contributed by atoms with E-state index in [1.807, 2.05) is 0 Å². The molecule has 0 aliphatic rings. The van der Waals surface area contributed by atoms with Gasteiger partial charge in [0.25, 0.3) is 5.91 Å². The fraction of sp³-hybridized carbons (Fsp3) is 0.188. The molecule has 5 nitrogen and oxygen atoms in total. The highest BCUT2D eigenvalue weighted by atomic mass is 35.5. The second-order valence-corrected chi connectivity index (χ2v) is 7.44. The van der Waals surface area contributed by atoms with E-state index in [0.29, 0.717) is 22.0 Å². The van der Waals surface area contributed by atoms with Crippen LogP contribution in [0.1, 0.15) is 17.3 Å². The van der Waals surface area contributed by atoms with Crippen LogP contribution in [0.4, 0.5) is 5.69 Å². The summed E-state index contributed by atoms with van der Waals surface area (Å²) in [7, 11) is -1.80. The van der Waals surface area contributed by atoms with Crippen LogP contribution >= 0.6 is 11.6 Å². The Labute approximate surface area is 140 Å². The number of hydrogen-bond donors (Lipinski definition) is 1. The van der Waals surface area contributed by atoms with Crippen LogP contribution in [-0.2, 0) is 9.84 Å². The molecule has 0 saturated heterocycles. The zero-order chi connectivity index (χ0) is 17.0. The van der Waals surface area contributed by atoms with Gasteiger partial charge in [0, 0.05) is 10.7 Å². The van der Waals surface area contributed by atoms with Crippen molar-refractivity contribution >= 4 is 33.0 Å². The molecule has 1 N–H and O–H groups in total. The topological polar surface area (TPSA) is 72.5 Å². The number of amides is 1. The lowest BCUT2D eigenvalue weighted by molar-refractivity contribution is 0.102. The summed E-state index contributed by atoms with van der Waals surface area (Å²) in [5, 5.41) is 3.10. The molecule has 0 aromatic heterocycles. The minimum atomic E-state index is -3.26. The van der Waals surface area contributed by atoms with Gasteiger partial charge >= 0.3 is 0 Å². The lowest BCUT2D eigenvalue weighted by atomic mass is 10.2. The minimum Gasteiger partial charge on any atom is -0.496 e. The highest BCUT2D eigenvalue weighted by Crippen LogP contribution is 2.24. The van der Waals surface area contributed by atoms with Crippen LogP contribution in [0.25, 0.3) is 0 Å². The van der Waals surface area contributed by atoms with Gasteiger partial charge in [0.05, 0.1) is 23.3 Å². The maximum atomic E-state index is 12.3. The Morgan fingerprint density at radius 1 is 1.17 bits per heavy atom. The summed E-state index contributed by atoms with van der Waals surface area (Å²) < 4.78 is 28.7. The smallest absolute Gasteiger partial charge is 0.259 e. The minimum absolute atomic E-state index is 0.0262. The number of anilines is 1. The lowest BCUT2D eigenvalue weighted by Gasteiger charge is -2.10. The van der Waals surface area contributed by atoms with Crippen LogP contribution in [0, 0.1) is 0 Å². The predicted molar refractivity (Wildman–Crippen MR) is 90.1 cm³/mol. The van der Waals surface area contributed by atoms with Crippen LogP contribution in [0.2, 0.25) is 5.02 Å². The van der Waals surface area contributed by atoms with Gasteiger partial charge in [0.1, 0.15) is 5.75 Å². The third kappa shape index (κ3) is 4.03. The van der Waals surface area contributed by atoms with Crippen LogP contribution in [0.3, 0.4) is 0 Å². The monoisotopic (exact) mass is 353 g/mol. The molecule has 7 heteroatoms. The van der Waals surface area contributed by atoms with Crippen molar-refractivity contribution < 1.29 is 17.9 Å². The SMILES string of the molecule is CCS(=O)(=O)c1ccc(NC(=O)c2cc(Cl)ccc2OC)cc1. The van der Waals surface area contributed by atoms with Crippen LogP contribution in [-0.4, -0.2) is 27.2 Å². The molecular formula is C16H16ClNO4S. The summed E-state index contributed by atoms with van der Waals surface area (Å²) >= 11 is 5.91. The second kappa shape index (κ2) is 7.02. The van der Waals surface area contributed by atoms with Gasteiger partial charge in [-0.3, -0.25) is 4.79 Å². The van der Waals surface area contributed by atoms with Gasteiger partial charge in [-0.15, -0.1) is 0 Å². The van der Waals surface area contributed by atoms with Gasteiger partial charge in [-0.1, -0.05) is 18.5 Å². The molecule has 0 heterocycles. The molecule has 0 atom stereocenters. The third-order valence-corrected chi connectivity index (χ3v) is 5.24. The maximum absolute atomic E-state index is 12.3. The van der Waals surface area contributed by atoms with Gasteiger partial charge in [-0.2, -0.15) is 0 Å². The Balaban J connectivity index is 2.23. The summed E-state index contributed by atoms with van der Waals surface area (Å²) in [6.45, 7) is 1.58. The maximum Gasteiger partial charge on any atom is 0.259 e. The average Bonchev–Trinajstić information content (AvgIpc) is 2.55. The van der Waals surface area contributed by atoms with E-state index >= 15 is 0 Å². The molecular weight excluding hydrogens is 338 g/mol. The Morgan fingerprint density at radius 2 is 1.83 bits per heavy atom. The molecule has 0 saturated carbocycles. The highest BCUT2D eigenvalue weighted by molar-refractivity contribution is 7.91. The number of sulfone groups is 1. The van der Waals surface area contributed by atoms with E-state index < -0.39 is 15.7 Å². The Hall–Kier alpha value is -2.05. The van der Waals surface area contributed by atoms with E-state index in [9.17, 15) is 13.2 Å². The van der Waals surface area contributed by atoms with Crippen molar-refractivity contribution in [3.8, 4) is 5.75 Å². The molecule has 2 aromatic carbocycles. The number of rotatable bonds is 5. The normalized spacial score (nSPS) is 11.1. The first-order valence-electron chi connectivity index (χ1n) is 6.85. The Morgan fingerprint density at radius 3 is 2.39 bits per heavy atom. The number of methoxy groups -OCH3 is 1. The number of carbonyl (C=O) groups excluding carboxylic acids is 1. The van der Waals surface area contributed by atoms with Gasteiger partial charge in [0.15, 0.2) is 9.84 Å². The zero-order valence-electron chi connectivity index (χ0n) is 12.7. The number of ether oxygens (including phenoxy) is 1. The standard InChI is InChI=1S/C16H16ClNO4S/c1-3-23(20,21)13-7-5-12(6-8-13)18-16(19)14-10-11(17)4-9-15(14)22-2/h4-10H,3H2,1-2H3,(H,18,19). The van der Waals surface area contributed by atoms with E-state index in [2.05, 4.69) is 5.32 Å². The molecule has 1 amide bonds. The molecule has 2 aromatic rings. The van der Waals surface area contributed by atoms with Crippen molar-refractivity contribution in [2.75, 3.05) is 18.2 Å². The fourth-order valence-corrected chi connectivity index (χ4v) is 3.02. The average molecular weight is 354 g/mol. The zero-order valence-corrected chi connectivity index (χ0v) is 14.2. The fourth-order valence-electron chi connectivity index (χ4n) is 1.97. The van der Waals surface area contributed by atoms with Crippen LogP contribution in [0.5, 0.6) is 5.75 Å². The van der Waals surface area contributed by atoms with Crippen molar-refractivity contribution in [2.45, 2.75) is 11.8 Å². The number of nitrogens with one attached hydrogen (secondary N) is 1. The van der Waals surface area contributed by atoms with Crippen molar-refractivity contribution in [3.63, 3.8) is 0 Å². The molecule has 0 unspecified atom stereocenters. The Bertz CT molecular complexity index is 816. The number of hydrogen-bond acceptors (Lipinski definition) is 4. The van der Waals surface area contributed by atoms with Gasteiger partial charge in [0.2, 0.25) is 0 Å². The quantitative estimate of drug-likeness (QED) is 0.894.